The molecule has 0 atom stereocenters. The molecule has 0 spiro atoms. The first-order chi connectivity index (χ1) is 9.79. The standard InChI is InChI=1S/C17H28N2S/c1-3-8-16(17-19-14(2)13-20-17)18-12-7-6-11-15-9-4-5-10-15/h8,13,15,18H,3-7,9-12H2,1-2H3. The van der Waals surface area contributed by atoms with E-state index in [2.05, 4.69) is 35.6 Å². The molecule has 1 aliphatic rings. The van der Waals surface area contributed by atoms with Crippen molar-refractivity contribution in [2.45, 2.75) is 65.2 Å². The minimum absolute atomic E-state index is 1.03. The van der Waals surface area contributed by atoms with Crippen molar-refractivity contribution >= 4 is 17.0 Å². The van der Waals surface area contributed by atoms with Crippen molar-refractivity contribution in [2.24, 2.45) is 5.92 Å². The van der Waals surface area contributed by atoms with E-state index in [1.165, 1.54) is 50.6 Å². The first kappa shape index (κ1) is 15.6. The molecule has 0 aromatic carbocycles. The zero-order valence-corrected chi connectivity index (χ0v) is 13.8. The van der Waals surface area contributed by atoms with E-state index in [1.807, 2.05) is 0 Å². The third kappa shape index (κ3) is 4.93. The molecular formula is C17H28N2S. The predicted octanol–water partition coefficient (Wildman–Crippen LogP) is 5.15. The molecule has 0 radical (unpaired) electrons. The Morgan fingerprint density at radius 2 is 2.20 bits per heavy atom. The van der Waals surface area contributed by atoms with Crippen molar-refractivity contribution in [3.05, 3.63) is 22.2 Å². The fourth-order valence-corrected chi connectivity index (χ4v) is 3.81. The van der Waals surface area contributed by atoms with Gasteiger partial charge < -0.3 is 5.32 Å². The van der Waals surface area contributed by atoms with Gasteiger partial charge in [0.2, 0.25) is 0 Å². The van der Waals surface area contributed by atoms with Crippen LogP contribution in [0.2, 0.25) is 0 Å². The van der Waals surface area contributed by atoms with E-state index in [-0.39, 0.29) is 0 Å². The van der Waals surface area contributed by atoms with Gasteiger partial charge in [0.05, 0.1) is 5.70 Å². The maximum Gasteiger partial charge on any atom is 0.139 e. The Labute approximate surface area is 127 Å². The summed E-state index contributed by atoms with van der Waals surface area (Å²) in [5, 5.41) is 6.85. The fourth-order valence-electron chi connectivity index (χ4n) is 3.00. The molecule has 3 heteroatoms. The summed E-state index contributed by atoms with van der Waals surface area (Å²) in [6.45, 7) is 5.32. The Balaban J connectivity index is 1.68. The van der Waals surface area contributed by atoms with E-state index in [1.54, 1.807) is 11.3 Å². The predicted molar refractivity (Wildman–Crippen MR) is 88.9 cm³/mol. The Morgan fingerprint density at radius 1 is 1.40 bits per heavy atom. The quantitative estimate of drug-likeness (QED) is 0.670. The summed E-state index contributed by atoms with van der Waals surface area (Å²) in [7, 11) is 0. The number of allylic oxidation sites excluding steroid dienone is 1. The van der Waals surface area contributed by atoms with Crippen molar-refractivity contribution in [1.29, 1.82) is 0 Å². The lowest BCUT2D eigenvalue weighted by Crippen LogP contribution is -2.14. The van der Waals surface area contributed by atoms with Crippen LogP contribution < -0.4 is 5.32 Å². The molecule has 1 aliphatic carbocycles. The summed E-state index contributed by atoms with van der Waals surface area (Å²) in [6.07, 6.45) is 13.3. The molecule has 1 saturated carbocycles. The second-order valence-corrected chi connectivity index (χ2v) is 6.75. The number of hydrogen-bond acceptors (Lipinski definition) is 3. The minimum atomic E-state index is 1.03. The van der Waals surface area contributed by atoms with Gasteiger partial charge in [-0.3, -0.25) is 0 Å². The average Bonchev–Trinajstić information content (AvgIpc) is 3.08. The van der Waals surface area contributed by atoms with E-state index in [0.29, 0.717) is 0 Å². The van der Waals surface area contributed by atoms with Crippen LogP contribution in [-0.2, 0) is 0 Å². The highest BCUT2D eigenvalue weighted by atomic mass is 32.1. The van der Waals surface area contributed by atoms with Crippen LogP contribution in [0.3, 0.4) is 0 Å². The normalized spacial score (nSPS) is 16.8. The molecule has 0 unspecified atom stereocenters. The van der Waals surface area contributed by atoms with Gasteiger partial charge in [-0.1, -0.05) is 51.5 Å². The number of aryl methyl sites for hydroxylation is 1. The highest BCUT2D eigenvalue weighted by Gasteiger charge is 2.13. The highest BCUT2D eigenvalue weighted by Crippen LogP contribution is 2.28. The molecule has 1 aromatic rings. The lowest BCUT2D eigenvalue weighted by molar-refractivity contribution is 0.472. The molecule has 1 heterocycles. The number of unbranched alkanes of at least 4 members (excludes halogenated alkanes) is 1. The lowest BCUT2D eigenvalue weighted by Gasteiger charge is -2.11. The van der Waals surface area contributed by atoms with Crippen molar-refractivity contribution in [2.75, 3.05) is 6.54 Å². The molecule has 0 amide bonds. The maximum atomic E-state index is 4.58. The Kier molecular flexibility index (Phi) is 6.58. The van der Waals surface area contributed by atoms with E-state index in [4.69, 9.17) is 0 Å². The monoisotopic (exact) mass is 292 g/mol. The van der Waals surface area contributed by atoms with Crippen LogP contribution in [0.4, 0.5) is 0 Å². The summed E-state index contributed by atoms with van der Waals surface area (Å²) >= 11 is 1.74. The average molecular weight is 292 g/mol. The van der Waals surface area contributed by atoms with Crippen LogP contribution in [0.15, 0.2) is 11.5 Å². The molecule has 0 saturated heterocycles. The second kappa shape index (κ2) is 8.46. The first-order valence-electron chi connectivity index (χ1n) is 8.16. The van der Waals surface area contributed by atoms with Gasteiger partial charge in [-0.05, 0) is 25.7 Å². The van der Waals surface area contributed by atoms with Crippen LogP contribution >= 0.6 is 11.3 Å². The van der Waals surface area contributed by atoms with Gasteiger partial charge in [0, 0.05) is 17.6 Å². The number of aromatic nitrogens is 1. The summed E-state index contributed by atoms with van der Waals surface area (Å²) in [5.41, 5.74) is 2.35. The molecule has 1 N–H and O–H groups in total. The molecule has 2 rings (SSSR count). The van der Waals surface area contributed by atoms with Crippen molar-refractivity contribution in [3.63, 3.8) is 0 Å². The first-order valence-corrected chi connectivity index (χ1v) is 9.04. The Hall–Kier alpha value is -0.830. The molecule has 112 valence electrons. The lowest BCUT2D eigenvalue weighted by atomic mass is 10.0. The Bertz CT molecular complexity index is 416. The van der Waals surface area contributed by atoms with E-state index in [9.17, 15) is 0 Å². The van der Waals surface area contributed by atoms with E-state index < -0.39 is 0 Å². The number of thiazole rings is 1. The number of nitrogens with one attached hydrogen (secondary N) is 1. The molecule has 0 aliphatic heterocycles. The molecule has 1 aromatic heterocycles. The molecule has 20 heavy (non-hydrogen) atoms. The summed E-state index contributed by atoms with van der Waals surface area (Å²) in [5.74, 6) is 1.03. The van der Waals surface area contributed by atoms with Gasteiger partial charge in [0.15, 0.2) is 0 Å². The molecule has 1 fully saturated rings. The number of nitrogens with zero attached hydrogens (tertiary/aromatic N) is 1. The summed E-state index contributed by atoms with van der Waals surface area (Å²) in [6, 6.07) is 0. The second-order valence-electron chi connectivity index (χ2n) is 5.89. The number of rotatable bonds is 8. The highest BCUT2D eigenvalue weighted by molar-refractivity contribution is 7.10. The van der Waals surface area contributed by atoms with Crippen molar-refractivity contribution < 1.29 is 0 Å². The van der Waals surface area contributed by atoms with Gasteiger partial charge in [-0.15, -0.1) is 11.3 Å². The van der Waals surface area contributed by atoms with Crippen LogP contribution in [-0.4, -0.2) is 11.5 Å². The smallest absolute Gasteiger partial charge is 0.139 e. The van der Waals surface area contributed by atoms with Gasteiger partial charge in [-0.2, -0.15) is 0 Å². The van der Waals surface area contributed by atoms with Gasteiger partial charge in [0.25, 0.3) is 0 Å². The third-order valence-electron chi connectivity index (χ3n) is 4.09. The van der Waals surface area contributed by atoms with Crippen molar-refractivity contribution in [3.8, 4) is 0 Å². The summed E-state index contributed by atoms with van der Waals surface area (Å²) < 4.78 is 0. The van der Waals surface area contributed by atoms with Gasteiger partial charge in [0.1, 0.15) is 5.01 Å². The van der Waals surface area contributed by atoms with Crippen molar-refractivity contribution in [1.82, 2.24) is 10.3 Å². The molecule has 2 nitrogen and oxygen atoms in total. The maximum absolute atomic E-state index is 4.58. The van der Waals surface area contributed by atoms with Crippen LogP contribution in [0.5, 0.6) is 0 Å². The van der Waals surface area contributed by atoms with Gasteiger partial charge >= 0.3 is 0 Å². The minimum Gasteiger partial charge on any atom is -0.383 e. The van der Waals surface area contributed by atoms with E-state index >= 15 is 0 Å². The van der Waals surface area contributed by atoms with Crippen LogP contribution in [0.1, 0.15) is 69.0 Å². The zero-order valence-electron chi connectivity index (χ0n) is 13.0. The SMILES string of the molecule is CCC=C(NCCCCC1CCCC1)c1nc(C)cs1. The molecule has 0 bridgehead atoms. The fraction of sp³-hybridized carbons (Fsp3) is 0.706. The van der Waals surface area contributed by atoms with Crippen LogP contribution in [0.25, 0.3) is 5.70 Å². The van der Waals surface area contributed by atoms with Gasteiger partial charge in [-0.25, -0.2) is 4.98 Å². The Morgan fingerprint density at radius 3 is 2.85 bits per heavy atom. The summed E-state index contributed by atoms with van der Waals surface area (Å²) in [4.78, 5) is 4.58. The zero-order chi connectivity index (χ0) is 14.2. The molecular weight excluding hydrogens is 264 g/mol. The third-order valence-corrected chi connectivity index (χ3v) is 5.08. The van der Waals surface area contributed by atoms with Crippen LogP contribution in [0, 0.1) is 12.8 Å². The topological polar surface area (TPSA) is 24.9 Å². The largest absolute Gasteiger partial charge is 0.383 e. The van der Waals surface area contributed by atoms with E-state index in [0.717, 1.165) is 29.6 Å². The number of hydrogen-bond donors (Lipinski definition) is 1.